The zero-order chi connectivity index (χ0) is 16.1. The topological polar surface area (TPSA) is 85.8 Å². The fraction of sp³-hybridized carbons (Fsp3) is 0.812. The highest BCUT2D eigenvalue weighted by molar-refractivity contribution is 5.46. The van der Waals surface area contributed by atoms with Gasteiger partial charge in [0.25, 0.3) is 5.88 Å². The molecule has 0 aromatic carbocycles. The van der Waals surface area contributed by atoms with Crippen molar-refractivity contribution in [3.8, 4) is 5.88 Å². The molecule has 1 aliphatic carbocycles. The molecule has 0 amide bonds. The van der Waals surface area contributed by atoms with E-state index in [0.717, 1.165) is 39.1 Å². The van der Waals surface area contributed by atoms with E-state index in [-0.39, 0.29) is 6.61 Å². The minimum Gasteiger partial charge on any atom is -0.475 e. The number of nitrogens with zero attached hydrogens (tertiary/aromatic N) is 3. The predicted octanol–water partition coefficient (Wildman–Crippen LogP) is 1.04. The third-order valence-corrected chi connectivity index (χ3v) is 4.87. The summed E-state index contributed by atoms with van der Waals surface area (Å²) < 4.78 is 12.9. The first kappa shape index (κ1) is 16.5. The highest BCUT2D eigenvalue weighted by Gasteiger charge is 2.28. The van der Waals surface area contributed by atoms with Gasteiger partial charge in [-0.1, -0.05) is 0 Å². The second kappa shape index (κ2) is 7.99. The number of ether oxygens (including phenoxy) is 2. The average Bonchev–Trinajstić information content (AvgIpc) is 2.97. The standard InChI is InChI=1S/C16H28N4O3/c17-15-12-20(18-16(15)23-9-1-8-21)14-4-2-13(3-5-14)19-6-10-22-11-7-19/h12-14,21H,1-11,17H2. The monoisotopic (exact) mass is 324 g/mol. The molecule has 1 saturated carbocycles. The van der Waals surface area contributed by atoms with Gasteiger partial charge in [-0.2, -0.15) is 0 Å². The summed E-state index contributed by atoms with van der Waals surface area (Å²) in [6.45, 7) is 4.42. The molecule has 1 aromatic heterocycles. The van der Waals surface area contributed by atoms with Crippen LogP contribution in [0, 0.1) is 0 Å². The molecule has 0 spiro atoms. The van der Waals surface area contributed by atoms with E-state index in [4.69, 9.17) is 20.3 Å². The lowest BCUT2D eigenvalue weighted by Gasteiger charge is -2.38. The number of aliphatic hydroxyl groups is 1. The number of morpholine rings is 1. The minimum atomic E-state index is 0.117. The second-order valence-electron chi connectivity index (χ2n) is 6.41. The summed E-state index contributed by atoms with van der Waals surface area (Å²) in [5.74, 6) is 0.494. The van der Waals surface area contributed by atoms with Crippen LogP contribution in [-0.2, 0) is 4.74 Å². The molecule has 1 aromatic rings. The Bertz CT molecular complexity index is 480. The van der Waals surface area contributed by atoms with Crippen LogP contribution in [0.5, 0.6) is 5.88 Å². The average molecular weight is 324 g/mol. The highest BCUT2D eigenvalue weighted by Crippen LogP contribution is 2.33. The summed E-state index contributed by atoms with van der Waals surface area (Å²) >= 11 is 0. The summed E-state index contributed by atoms with van der Waals surface area (Å²) in [6, 6.07) is 1.09. The minimum absolute atomic E-state index is 0.117. The normalized spacial score (nSPS) is 26.3. The van der Waals surface area contributed by atoms with Crippen LogP contribution in [-0.4, -0.2) is 65.3 Å². The van der Waals surface area contributed by atoms with Gasteiger partial charge in [0.05, 0.1) is 32.1 Å². The summed E-state index contributed by atoms with van der Waals surface area (Å²) in [6.07, 6.45) is 7.12. The van der Waals surface area contributed by atoms with Gasteiger partial charge in [-0.15, -0.1) is 5.10 Å². The molecule has 7 heteroatoms. The molecule has 2 aliphatic rings. The lowest BCUT2D eigenvalue weighted by Crippen LogP contribution is -2.45. The largest absolute Gasteiger partial charge is 0.475 e. The van der Waals surface area contributed by atoms with E-state index in [2.05, 4.69) is 10.00 Å². The number of hydrogen-bond donors (Lipinski definition) is 2. The maximum absolute atomic E-state index is 8.81. The molecule has 3 N–H and O–H groups in total. The van der Waals surface area contributed by atoms with Crippen molar-refractivity contribution in [3.63, 3.8) is 0 Å². The fourth-order valence-electron chi connectivity index (χ4n) is 3.55. The van der Waals surface area contributed by atoms with Gasteiger partial charge in [-0.05, 0) is 25.7 Å². The lowest BCUT2D eigenvalue weighted by atomic mass is 9.90. The Labute approximate surface area is 137 Å². The van der Waals surface area contributed by atoms with Gasteiger partial charge < -0.3 is 20.3 Å². The molecule has 0 atom stereocenters. The molecule has 7 nitrogen and oxygen atoms in total. The Morgan fingerprint density at radius 2 is 1.91 bits per heavy atom. The van der Waals surface area contributed by atoms with Crippen LogP contribution in [0.3, 0.4) is 0 Å². The van der Waals surface area contributed by atoms with Crippen LogP contribution in [0.15, 0.2) is 6.20 Å². The molecule has 1 aliphatic heterocycles. The van der Waals surface area contributed by atoms with Crippen molar-refractivity contribution < 1.29 is 14.6 Å². The van der Waals surface area contributed by atoms with Crippen molar-refractivity contribution in [2.45, 2.75) is 44.2 Å². The van der Waals surface area contributed by atoms with Crippen LogP contribution >= 0.6 is 0 Å². The van der Waals surface area contributed by atoms with Crippen LogP contribution < -0.4 is 10.5 Å². The molecule has 3 rings (SSSR count). The first-order valence-corrected chi connectivity index (χ1v) is 8.68. The highest BCUT2D eigenvalue weighted by atomic mass is 16.5. The van der Waals surface area contributed by atoms with Gasteiger partial charge in [0.15, 0.2) is 0 Å². The van der Waals surface area contributed by atoms with Crippen LogP contribution in [0.1, 0.15) is 38.1 Å². The zero-order valence-electron chi connectivity index (χ0n) is 13.7. The van der Waals surface area contributed by atoms with E-state index in [1.54, 1.807) is 0 Å². The number of nitrogen functional groups attached to an aromatic ring is 1. The van der Waals surface area contributed by atoms with Gasteiger partial charge in [-0.3, -0.25) is 9.58 Å². The van der Waals surface area contributed by atoms with E-state index >= 15 is 0 Å². The van der Waals surface area contributed by atoms with E-state index in [1.165, 1.54) is 12.8 Å². The molecule has 0 bridgehead atoms. The van der Waals surface area contributed by atoms with Crippen molar-refractivity contribution >= 4 is 5.69 Å². The number of anilines is 1. The van der Waals surface area contributed by atoms with Crippen molar-refractivity contribution in [1.82, 2.24) is 14.7 Å². The van der Waals surface area contributed by atoms with Crippen molar-refractivity contribution in [2.24, 2.45) is 0 Å². The van der Waals surface area contributed by atoms with Gasteiger partial charge in [0.1, 0.15) is 5.69 Å². The number of hydrogen-bond acceptors (Lipinski definition) is 6. The number of aromatic nitrogens is 2. The van der Waals surface area contributed by atoms with Crippen molar-refractivity contribution in [2.75, 3.05) is 45.3 Å². The predicted molar refractivity (Wildman–Crippen MR) is 87.5 cm³/mol. The van der Waals surface area contributed by atoms with Gasteiger partial charge in [0.2, 0.25) is 0 Å². The van der Waals surface area contributed by atoms with Gasteiger partial charge in [0, 0.05) is 32.2 Å². The molecule has 2 heterocycles. The van der Waals surface area contributed by atoms with Gasteiger partial charge in [-0.25, -0.2) is 0 Å². The first-order valence-electron chi connectivity index (χ1n) is 8.68. The Kier molecular flexibility index (Phi) is 5.75. The number of nitrogens with two attached hydrogens (primary N) is 1. The summed E-state index contributed by atoms with van der Waals surface area (Å²) in [4.78, 5) is 2.57. The van der Waals surface area contributed by atoms with Crippen LogP contribution in [0.4, 0.5) is 5.69 Å². The zero-order valence-corrected chi connectivity index (χ0v) is 13.7. The molecule has 0 radical (unpaired) electrons. The molecule has 23 heavy (non-hydrogen) atoms. The molecule has 0 unspecified atom stereocenters. The second-order valence-corrected chi connectivity index (χ2v) is 6.41. The molecule has 1 saturated heterocycles. The van der Waals surface area contributed by atoms with Crippen molar-refractivity contribution in [1.29, 1.82) is 0 Å². The Morgan fingerprint density at radius 1 is 1.22 bits per heavy atom. The summed E-state index contributed by atoms with van der Waals surface area (Å²) in [5, 5.41) is 13.3. The van der Waals surface area contributed by atoms with E-state index < -0.39 is 0 Å². The fourth-order valence-corrected chi connectivity index (χ4v) is 3.55. The Hall–Kier alpha value is -1.31. The van der Waals surface area contributed by atoms with Crippen LogP contribution in [0.25, 0.3) is 0 Å². The number of aliphatic hydroxyl groups excluding tert-OH is 1. The summed E-state index contributed by atoms with van der Waals surface area (Å²) in [7, 11) is 0. The Balaban J connectivity index is 1.52. The maximum atomic E-state index is 8.81. The van der Waals surface area contributed by atoms with E-state index in [9.17, 15) is 0 Å². The van der Waals surface area contributed by atoms with Crippen LogP contribution in [0.2, 0.25) is 0 Å². The molecule has 130 valence electrons. The van der Waals surface area contributed by atoms with Crippen molar-refractivity contribution in [3.05, 3.63) is 6.20 Å². The smallest absolute Gasteiger partial charge is 0.256 e. The Morgan fingerprint density at radius 3 is 2.61 bits per heavy atom. The third-order valence-electron chi connectivity index (χ3n) is 4.87. The first-order chi connectivity index (χ1) is 11.3. The SMILES string of the molecule is Nc1cn(C2CCC(N3CCOCC3)CC2)nc1OCCCO. The number of rotatable bonds is 6. The molecular weight excluding hydrogens is 296 g/mol. The lowest BCUT2D eigenvalue weighted by molar-refractivity contribution is 0.00503. The summed E-state index contributed by atoms with van der Waals surface area (Å²) in [5.41, 5.74) is 6.56. The van der Waals surface area contributed by atoms with E-state index in [1.807, 2.05) is 10.9 Å². The maximum Gasteiger partial charge on any atom is 0.256 e. The quantitative estimate of drug-likeness (QED) is 0.761. The van der Waals surface area contributed by atoms with E-state index in [0.29, 0.717) is 36.7 Å². The van der Waals surface area contributed by atoms with Gasteiger partial charge >= 0.3 is 0 Å². The molecule has 2 fully saturated rings. The molecular formula is C16H28N4O3. The third kappa shape index (κ3) is 4.16.